The van der Waals surface area contributed by atoms with Crippen molar-refractivity contribution in [2.45, 2.75) is 13.3 Å². The molecule has 1 amide bonds. The summed E-state index contributed by atoms with van der Waals surface area (Å²) >= 11 is 1.67. The molecule has 4 nitrogen and oxygen atoms in total. The number of hydrogen-bond acceptors (Lipinski definition) is 4. The van der Waals surface area contributed by atoms with Crippen molar-refractivity contribution in [3.63, 3.8) is 0 Å². The first-order valence-corrected chi connectivity index (χ1v) is 7.01. The third-order valence-electron chi connectivity index (χ3n) is 2.73. The first-order chi connectivity index (χ1) is 9.20. The minimum absolute atomic E-state index is 0. The SMILES string of the molecule is Cc1sc(CCNC(=O)CN)nc1-c1ccccc1.Cl.Cl. The highest BCUT2D eigenvalue weighted by molar-refractivity contribution is 7.12. The topological polar surface area (TPSA) is 68.0 Å². The van der Waals surface area contributed by atoms with E-state index in [1.807, 2.05) is 18.2 Å². The van der Waals surface area contributed by atoms with Crippen LogP contribution in [0.4, 0.5) is 0 Å². The van der Waals surface area contributed by atoms with Gasteiger partial charge in [-0.25, -0.2) is 4.98 Å². The van der Waals surface area contributed by atoms with Crippen LogP contribution in [0, 0.1) is 6.92 Å². The number of benzene rings is 1. The van der Waals surface area contributed by atoms with Gasteiger partial charge in [0.15, 0.2) is 0 Å². The highest BCUT2D eigenvalue weighted by Crippen LogP contribution is 2.27. The van der Waals surface area contributed by atoms with Crippen LogP contribution in [0.3, 0.4) is 0 Å². The summed E-state index contributed by atoms with van der Waals surface area (Å²) in [6.07, 6.45) is 0.740. The number of rotatable bonds is 5. The molecule has 2 rings (SSSR count). The molecule has 7 heteroatoms. The van der Waals surface area contributed by atoms with E-state index in [4.69, 9.17) is 5.73 Å². The average Bonchev–Trinajstić information content (AvgIpc) is 2.80. The molecule has 0 atom stereocenters. The summed E-state index contributed by atoms with van der Waals surface area (Å²) in [6.45, 7) is 2.69. The normalized spacial score (nSPS) is 9.43. The maximum atomic E-state index is 11.0. The molecule has 0 unspecified atom stereocenters. The van der Waals surface area contributed by atoms with Crippen molar-refractivity contribution in [3.8, 4) is 11.3 Å². The van der Waals surface area contributed by atoms with E-state index in [1.54, 1.807) is 11.3 Å². The smallest absolute Gasteiger partial charge is 0.233 e. The van der Waals surface area contributed by atoms with Crippen molar-refractivity contribution in [2.24, 2.45) is 5.73 Å². The number of carbonyl (C=O) groups is 1. The molecule has 0 saturated carbocycles. The lowest BCUT2D eigenvalue weighted by atomic mass is 10.1. The Morgan fingerprint density at radius 3 is 2.57 bits per heavy atom. The van der Waals surface area contributed by atoms with Crippen molar-refractivity contribution in [2.75, 3.05) is 13.1 Å². The summed E-state index contributed by atoms with van der Waals surface area (Å²) in [5, 5.41) is 3.79. The van der Waals surface area contributed by atoms with Gasteiger partial charge in [0.2, 0.25) is 5.91 Å². The Labute approximate surface area is 141 Å². The van der Waals surface area contributed by atoms with Crippen LogP contribution in [-0.2, 0) is 11.2 Å². The predicted octanol–water partition coefficient (Wildman–Crippen LogP) is 2.58. The molecular formula is C14H19Cl2N3OS. The second-order valence-corrected chi connectivity index (χ2v) is 5.47. The summed E-state index contributed by atoms with van der Waals surface area (Å²) in [6, 6.07) is 10.1. The summed E-state index contributed by atoms with van der Waals surface area (Å²) < 4.78 is 0. The van der Waals surface area contributed by atoms with Gasteiger partial charge in [0.05, 0.1) is 17.2 Å². The number of aryl methyl sites for hydroxylation is 1. The molecule has 2 aromatic rings. The molecule has 0 aliphatic carbocycles. The molecule has 1 heterocycles. The van der Waals surface area contributed by atoms with E-state index in [2.05, 4.69) is 29.4 Å². The lowest BCUT2D eigenvalue weighted by Gasteiger charge is -2.00. The number of nitrogens with zero attached hydrogens (tertiary/aromatic N) is 1. The number of thiazole rings is 1. The molecule has 0 aliphatic rings. The van der Waals surface area contributed by atoms with Gasteiger partial charge in [0, 0.05) is 23.4 Å². The zero-order valence-corrected chi connectivity index (χ0v) is 14.1. The fourth-order valence-electron chi connectivity index (χ4n) is 1.80. The molecular weight excluding hydrogens is 329 g/mol. The fourth-order valence-corrected chi connectivity index (χ4v) is 2.76. The van der Waals surface area contributed by atoms with Crippen LogP contribution in [0.25, 0.3) is 11.3 Å². The maximum absolute atomic E-state index is 11.0. The Morgan fingerprint density at radius 1 is 1.29 bits per heavy atom. The average molecular weight is 348 g/mol. The van der Waals surface area contributed by atoms with Crippen LogP contribution in [0.2, 0.25) is 0 Å². The monoisotopic (exact) mass is 347 g/mol. The molecule has 0 saturated heterocycles. The predicted molar refractivity (Wildman–Crippen MR) is 92.6 cm³/mol. The van der Waals surface area contributed by atoms with E-state index in [-0.39, 0.29) is 37.3 Å². The lowest BCUT2D eigenvalue weighted by molar-refractivity contribution is -0.119. The second kappa shape index (κ2) is 9.73. The number of nitrogens with one attached hydrogen (secondary N) is 1. The van der Waals surface area contributed by atoms with Gasteiger partial charge >= 0.3 is 0 Å². The van der Waals surface area contributed by atoms with E-state index in [9.17, 15) is 4.79 Å². The zero-order valence-electron chi connectivity index (χ0n) is 11.7. The summed E-state index contributed by atoms with van der Waals surface area (Å²) in [4.78, 5) is 16.9. The minimum atomic E-state index is -0.128. The number of amides is 1. The fraction of sp³-hybridized carbons (Fsp3) is 0.286. The van der Waals surface area contributed by atoms with Gasteiger partial charge in [0.25, 0.3) is 0 Å². The van der Waals surface area contributed by atoms with Crippen molar-refractivity contribution in [3.05, 3.63) is 40.2 Å². The third-order valence-corrected chi connectivity index (χ3v) is 3.77. The Kier molecular flexibility index (Phi) is 9.21. The van der Waals surface area contributed by atoms with Crippen LogP contribution in [0.5, 0.6) is 0 Å². The number of nitrogens with two attached hydrogens (primary N) is 1. The van der Waals surface area contributed by atoms with Gasteiger partial charge in [0.1, 0.15) is 0 Å². The molecule has 21 heavy (non-hydrogen) atoms. The van der Waals surface area contributed by atoms with Gasteiger partial charge in [-0.3, -0.25) is 4.79 Å². The van der Waals surface area contributed by atoms with Crippen LogP contribution in [0.15, 0.2) is 30.3 Å². The summed E-state index contributed by atoms with van der Waals surface area (Å²) in [5.74, 6) is -0.128. The van der Waals surface area contributed by atoms with E-state index in [0.29, 0.717) is 6.54 Å². The van der Waals surface area contributed by atoms with Gasteiger partial charge in [-0.15, -0.1) is 36.2 Å². The molecule has 0 radical (unpaired) electrons. The van der Waals surface area contributed by atoms with Crippen LogP contribution < -0.4 is 11.1 Å². The summed E-state index contributed by atoms with van der Waals surface area (Å²) in [5.41, 5.74) is 7.40. The number of carbonyl (C=O) groups excluding carboxylic acids is 1. The Morgan fingerprint density at radius 2 is 1.95 bits per heavy atom. The molecule has 116 valence electrons. The minimum Gasteiger partial charge on any atom is -0.355 e. The van der Waals surface area contributed by atoms with E-state index >= 15 is 0 Å². The number of hydrogen-bond donors (Lipinski definition) is 2. The molecule has 1 aromatic heterocycles. The maximum Gasteiger partial charge on any atom is 0.233 e. The highest BCUT2D eigenvalue weighted by Gasteiger charge is 2.09. The standard InChI is InChI=1S/C14H17N3OS.2ClH/c1-10-14(11-5-3-2-4-6-11)17-13(19-10)7-8-16-12(18)9-15;;/h2-6H,7-9,15H2,1H3,(H,16,18);2*1H. The molecule has 3 N–H and O–H groups in total. The quantitative estimate of drug-likeness (QED) is 0.873. The van der Waals surface area contributed by atoms with Crippen LogP contribution in [-0.4, -0.2) is 24.0 Å². The van der Waals surface area contributed by atoms with E-state index in [1.165, 1.54) is 4.88 Å². The Hall–Kier alpha value is -1.14. The summed E-state index contributed by atoms with van der Waals surface area (Å²) in [7, 11) is 0. The number of halogens is 2. The van der Waals surface area contributed by atoms with Crippen molar-refractivity contribution >= 4 is 42.1 Å². The van der Waals surface area contributed by atoms with Gasteiger partial charge in [-0.2, -0.15) is 0 Å². The highest BCUT2D eigenvalue weighted by atomic mass is 35.5. The van der Waals surface area contributed by atoms with Crippen molar-refractivity contribution in [1.82, 2.24) is 10.3 Å². The zero-order chi connectivity index (χ0) is 13.7. The van der Waals surface area contributed by atoms with Gasteiger partial charge < -0.3 is 11.1 Å². The van der Waals surface area contributed by atoms with Gasteiger partial charge in [-0.1, -0.05) is 30.3 Å². The first-order valence-electron chi connectivity index (χ1n) is 6.19. The van der Waals surface area contributed by atoms with Crippen LogP contribution in [0.1, 0.15) is 9.88 Å². The van der Waals surface area contributed by atoms with Crippen molar-refractivity contribution in [1.29, 1.82) is 0 Å². The largest absolute Gasteiger partial charge is 0.355 e. The molecule has 1 aromatic carbocycles. The van der Waals surface area contributed by atoms with Crippen molar-refractivity contribution < 1.29 is 4.79 Å². The Bertz CT molecular complexity index is 561. The molecule has 0 spiro atoms. The second-order valence-electron chi connectivity index (χ2n) is 4.18. The van der Waals surface area contributed by atoms with Crippen LogP contribution >= 0.6 is 36.2 Å². The molecule has 0 aliphatic heterocycles. The van der Waals surface area contributed by atoms with E-state index in [0.717, 1.165) is 22.7 Å². The third kappa shape index (κ3) is 5.63. The van der Waals surface area contributed by atoms with Gasteiger partial charge in [-0.05, 0) is 6.92 Å². The lowest BCUT2D eigenvalue weighted by Crippen LogP contribution is -2.31. The number of aromatic nitrogens is 1. The molecule has 0 bridgehead atoms. The Balaban J connectivity index is 0.00000200. The first kappa shape index (κ1) is 19.9. The van der Waals surface area contributed by atoms with E-state index < -0.39 is 0 Å². The molecule has 0 fully saturated rings.